The van der Waals surface area contributed by atoms with Crippen LogP contribution in [-0.4, -0.2) is 21.0 Å². The molecule has 1 aliphatic rings. The molecule has 1 aromatic heterocycles. The van der Waals surface area contributed by atoms with Crippen LogP contribution in [0.1, 0.15) is 44.2 Å². The number of nitrogens with zero attached hydrogens (tertiary/aromatic N) is 1. The molecule has 1 saturated carbocycles. The van der Waals surface area contributed by atoms with Gasteiger partial charge in [0, 0.05) is 6.20 Å². The van der Waals surface area contributed by atoms with Gasteiger partial charge in [-0.25, -0.2) is 0 Å². The average Bonchev–Trinajstić information content (AvgIpc) is 2.46. The smallest absolute Gasteiger partial charge is 0.322 e. The summed E-state index contributed by atoms with van der Waals surface area (Å²) in [6, 6.07) is 5.24. The lowest BCUT2D eigenvalue weighted by Gasteiger charge is -2.33. The Morgan fingerprint density at radius 2 is 2.10 bits per heavy atom. The van der Waals surface area contributed by atoms with Gasteiger partial charge in [-0.1, -0.05) is 50.4 Å². The first-order valence-electron chi connectivity index (χ1n) is 7.02. The van der Waals surface area contributed by atoms with Crippen molar-refractivity contribution in [2.45, 2.75) is 43.9 Å². The van der Waals surface area contributed by atoms with E-state index in [1.807, 2.05) is 0 Å². The molecule has 1 unspecified atom stereocenters. The predicted octanol–water partition coefficient (Wildman–Crippen LogP) is 2.66. The lowest BCUT2D eigenvalue weighted by Crippen LogP contribution is -2.49. The highest BCUT2D eigenvalue weighted by molar-refractivity contribution is 7.80. The van der Waals surface area contributed by atoms with Crippen LogP contribution in [-0.2, 0) is 10.2 Å². The van der Waals surface area contributed by atoms with Crippen molar-refractivity contribution in [3.8, 4) is 0 Å². The van der Waals surface area contributed by atoms with Crippen LogP contribution in [0.3, 0.4) is 0 Å². The monoisotopic (exact) mass is 292 g/mol. The van der Waals surface area contributed by atoms with Crippen molar-refractivity contribution < 1.29 is 9.90 Å². The van der Waals surface area contributed by atoms with E-state index in [0.29, 0.717) is 18.0 Å². The third-order valence-corrected chi connectivity index (χ3v) is 4.56. The van der Waals surface area contributed by atoms with Gasteiger partial charge in [0.25, 0.3) is 0 Å². The van der Waals surface area contributed by atoms with Crippen LogP contribution in [0.25, 0.3) is 0 Å². The number of rotatable bonds is 5. The SMILES string of the molecule is NC(=S)C(CC1CCCCC1)(C(=O)O)c1ccccn1. The molecule has 3 N–H and O–H groups in total. The van der Waals surface area contributed by atoms with E-state index >= 15 is 0 Å². The minimum atomic E-state index is -1.33. The summed E-state index contributed by atoms with van der Waals surface area (Å²) in [5.74, 6) is -0.641. The fraction of sp³-hybridized carbons (Fsp3) is 0.533. The Morgan fingerprint density at radius 1 is 1.40 bits per heavy atom. The third-order valence-electron chi connectivity index (χ3n) is 4.21. The first kappa shape index (κ1) is 14.9. The molecule has 1 atom stereocenters. The Hall–Kier alpha value is -1.49. The molecular formula is C15H20N2O2S. The summed E-state index contributed by atoms with van der Waals surface area (Å²) in [7, 11) is 0. The fourth-order valence-electron chi connectivity index (χ4n) is 3.07. The number of nitrogens with two attached hydrogens (primary N) is 1. The second kappa shape index (κ2) is 6.31. The molecule has 1 aromatic rings. The highest BCUT2D eigenvalue weighted by Crippen LogP contribution is 2.37. The number of hydrogen-bond donors (Lipinski definition) is 2. The van der Waals surface area contributed by atoms with Gasteiger partial charge in [-0.15, -0.1) is 0 Å². The summed E-state index contributed by atoms with van der Waals surface area (Å²) in [6.07, 6.45) is 7.67. The van der Waals surface area contributed by atoms with Crippen molar-refractivity contribution in [3.05, 3.63) is 30.1 Å². The van der Waals surface area contributed by atoms with E-state index in [1.165, 1.54) is 6.42 Å². The van der Waals surface area contributed by atoms with Gasteiger partial charge in [0.2, 0.25) is 0 Å². The van der Waals surface area contributed by atoms with Crippen LogP contribution in [0.15, 0.2) is 24.4 Å². The number of carboxylic acids is 1. The number of pyridine rings is 1. The van der Waals surface area contributed by atoms with Crippen LogP contribution in [0, 0.1) is 5.92 Å². The molecule has 2 rings (SSSR count). The number of thiocarbonyl (C=S) groups is 1. The van der Waals surface area contributed by atoms with Gasteiger partial charge in [-0.3, -0.25) is 9.78 Å². The highest BCUT2D eigenvalue weighted by atomic mass is 32.1. The molecule has 0 saturated heterocycles. The Bertz CT molecular complexity index is 470. The van der Waals surface area contributed by atoms with E-state index in [9.17, 15) is 9.90 Å². The fourth-order valence-corrected chi connectivity index (χ4v) is 3.35. The zero-order valence-corrected chi connectivity index (χ0v) is 12.2. The molecule has 0 aromatic carbocycles. The van der Waals surface area contributed by atoms with Gasteiger partial charge >= 0.3 is 5.97 Å². The van der Waals surface area contributed by atoms with Crippen molar-refractivity contribution >= 4 is 23.2 Å². The number of hydrogen-bond acceptors (Lipinski definition) is 3. The minimum Gasteiger partial charge on any atom is -0.480 e. The highest BCUT2D eigenvalue weighted by Gasteiger charge is 2.46. The van der Waals surface area contributed by atoms with Gasteiger partial charge in [-0.05, 0) is 24.5 Å². The van der Waals surface area contributed by atoms with Crippen molar-refractivity contribution in [1.29, 1.82) is 0 Å². The van der Waals surface area contributed by atoms with E-state index < -0.39 is 11.4 Å². The first-order valence-corrected chi connectivity index (χ1v) is 7.43. The summed E-state index contributed by atoms with van der Waals surface area (Å²) >= 11 is 5.11. The molecule has 5 heteroatoms. The van der Waals surface area contributed by atoms with E-state index in [-0.39, 0.29) is 4.99 Å². The van der Waals surface area contributed by atoms with E-state index in [0.717, 1.165) is 25.7 Å². The number of carboxylic acid groups (broad SMARTS) is 1. The number of aliphatic carboxylic acids is 1. The van der Waals surface area contributed by atoms with Crippen molar-refractivity contribution in [2.24, 2.45) is 11.7 Å². The second-order valence-electron chi connectivity index (χ2n) is 5.50. The summed E-state index contributed by atoms with van der Waals surface area (Å²) in [5, 5.41) is 9.77. The largest absolute Gasteiger partial charge is 0.480 e. The Balaban J connectivity index is 2.37. The standard InChI is InChI=1S/C15H20N2O2S/c16-13(20)15(14(18)19,12-8-4-5-9-17-12)10-11-6-2-1-3-7-11/h4-5,8-9,11H,1-3,6-7,10H2,(H2,16,20)(H,18,19). The lowest BCUT2D eigenvalue weighted by molar-refractivity contribution is -0.141. The molecule has 4 nitrogen and oxygen atoms in total. The zero-order chi connectivity index (χ0) is 14.6. The van der Waals surface area contributed by atoms with Crippen LogP contribution >= 0.6 is 12.2 Å². The quantitative estimate of drug-likeness (QED) is 0.816. The number of aromatic nitrogens is 1. The molecule has 0 aliphatic heterocycles. The topological polar surface area (TPSA) is 76.2 Å². The van der Waals surface area contributed by atoms with Gasteiger partial charge < -0.3 is 10.8 Å². The van der Waals surface area contributed by atoms with Gasteiger partial charge in [-0.2, -0.15) is 0 Å². The molecule has 108 valence electrons. The van der Waals surface area contributed by atoms with Crippen LogP contribution in [0.5, 0.6) is 0 Å². The molecule has 0 amide bonds. The van der Waals surface area contributed by atoms with Crippen molar-refractivity contribution in [2.75, 3.05) is 0 Å². The van der Waals surface area contributed by atoms with Crippen molar-refractivity contribution in [1.82, 2.24) is 4.98 Å². The van der Waals surface area contributed by atoms with Crippen LogP contribution < -0.4 is 5.73 Å². The van der Waals surface area contributed by atoms with Crippen LogP contribution in [0.4, 0.5) is 0 Å². The molecule has 0 spiro atoms. The maximum absolute atomic E-state index is 11.9. The van der Waals surface area contributed by atoms with E-state index in [1.54, 1.807) is 24.4 Å². The molecule has 1 fully saturated rings. The third kappa shape index (κ3) is 2.82. The second-order valence-corrected chi connectivity index (χ2v) is 5.94. The molecular weight excluding hydrogens is 272 g/mol. The summed E-state index contributed by atoms with van der Waals surface area (Å²) < 4.78 is 0. The molecule has 1 heterocycles. The predicted molar refractivity (Wildman–Crippen MR) is 81.5 cm³/mol. The van der Waals surface area contributed by atoms with Crippen molar-refractivity contribution in [3.63, 3.8) is 0 Å². The summed E-state index contributed by atoms with van der Waals surface area (Å²) in [5.41, 5.74) is 4.95. The molecule has 20 heavy (non-hydrogen) atoms. The van der Waals surface area contributed by atoms with Crippen LogP contribution in [0.2, 0.25) is 0 Å². The summed E-state index contributed by atoms with van der Waals surface area (Å²) in [4.78, 5) is 16.1. The van der Waals surface area contributed by atoms with Gasteiger partial charge in [0.05, 0.1) is 10.7 Å². The van der Waals surface area contributed by atoms with E-state index in [2.05, 4.69) is 4.98 Å². The van der Waals surface area contributed by atoms with E-state index in [4.69, 9.17) is 18.0 Å². The summed E-state index contributed by atoms with van der Waals surface area (Å²) in [6.45, 7) is 0. The van der Waals surface area contributed by atoms with Gasteiger partial charge in [0.1, 0.15) is 0 Å². The maximum Gasteiger partial charge on any atom is 0.322 e. The first-order chi connectivity index (χ1) is 9.57. The Morgan fingerprint density at radius 3 is 2.60 bits per heavy atom. The maximum atomic E-state index is 11.9. The molecule has 0 bridgehead atoms. The molecule has 0 radical (unpaired) electrons. The zero-order valence-electron chi connectivity index (χ0n) is 11.4. The molecule has 1 aliphatic carbocycles. The average molecular weight is 292 g/mol. The minimum absolute atomic E-state index is 0.00859. The Labute approximate surface area is 124 Å². The Kier molecular flexibility index (Phi) is 4.70. The normalized spacial score (nSPS) is 19.2. The number of carbonyl (C=O) groups is 1. The van der Waals surface area contributed by atoms with Gasteiger partial charge in [0.15, 0.2) is 5.41 Å². The lowest BCUT2D eigenvalue weighted by atomic mass is 9.72.